The first-order valence-corrected chi connectivity index (χ1v) is 19.8. The summed E-state index contributed by atoms with van der Waals surface area (Å²) in [5.41, 5.74) is 11.9. The average Bonchev–Trinajstić information content (AvgIpc) is 3.31. The van der Waals surface area contributed by atoms with Crippen molar-refractivity contribution >= 4 is 43.1 Å². The summed E-state index contributed by atoms with van der Waals surface area (Å²) >= 11 is 0. The van der Waals surface area contributed by atoms with Gasteiger partial charge in [0, 0.05) is 16.7 Å². The van der Waals surface area contributed by atoms with E-state index in [1.807, 2.05) is 0 Å². The smallest absolute Gasteiger partial charge is 0.160 e. The van der Waals surface area contributed by atoms with Gasteiger partial charge in [-0.25, -0.2) is 9.97 Å². The topological polar surface area (TPSA) is 25.8 Å². The zero-order valence-corrected chi connectivity index (χ0v) is 31.7. The first-order chi connectivity index (χ1) is 28.7. The van der Waals surface area contributed by atoms with E-state index in [1.165, 1.54) is 59.8 Å². The minimum absolute atomic E-state index is 0.686. The number of hydrogen-bond acceptors (Lipinski definition) is 2. The third-order valence-corrected chi connectivity index (χ3v) is 11.5. The van der Waals surface area contributed by atoms with Crippen LogP contribution in [0.5, 0.6) is 0 Å². The summed E-state index contributed by atoms with van der Waals surface area (Å²) in [7, 11) is 0. The molecule has 0 atom stereocenters. The monoisotopic (exact) mass is 736 g/mol. The lowest BCUT2D eigenvalue weighted by Gasteiger charge is -2.16. The van der Waals surface area contributed by atoms with Crippen LogP contribution in [0.15, 0.2) is 218 Å². The highest BCUT2D eigenvalue weighted by Gasteiger charge is 2.17. The molecule has 0 aliphatic heterocycles. The fourth-order valence-electron chi connectivity index (χ4n) is 8.67. The Morgan fingerprint density at radius 1 is 0.241 bits per heavy atom. The lowest BCUT2D eigenvalue weighted by atomic mass is 9.89. The van der Waals surface area contributed by atoms with Crippen LogP contribution in [0.2, 0.25) is 0 Å². The van der Waals surface area contributed by atoms with E-state index >= 15 is 0 Å². The average molecular weight is 737 g/mol. The van der Waals surface area contributed by atoms with E-state index in [1.54, 1.807) is 0 Å². The first kappa shape index (κ1) is 33.6. The fourth-order valence-corrected chi connectivity index (χ4v) is 8.67. The van der Waals surface area contributed by atoms with Gasteiger partial charge in [-0.05, 0) is 94.7 Å². The van der Waals surface area contributed by atoms with E-state index in [0.29, 0.717) is 5.82 Å². The molecule has 11 rings (SSSR count). The third-order valence-electron chi connectivity index (χ3n) is 11.5. The third kappa shape index (κ3) is 5.91. The molecule has 0 spiro atoms. The molecule has 270 valence electrons. The normalized spacial score (nSPS) is 11.4. The van der Waals surface area contributed by atoms with Crippen LogP contribution in [0.4, 0.5) is 0 Å². The van der Waals surface area contributed by atoms with Gasteiger partial charge in [-0.1, -0.05) is 200 Å². The molecule has 0 N–H and O–H groups in total. The maximum absolute atomic E-state index is 5.37. The summed E-state index contributed by atoms with van der Waals surface area (Å²) in [6.07, 6.45) is 0. The number of nitrogens with zero attached hydrogens (tertiary/aromatic N) is 2. The lowest BCUT2D eigenvalue weighted by Crippen LogP contribution is -1.97. The largest absolute Gasteiger partial charge is 0.228 e. The maximum atomic E-state index is 5.37. The summed E-state index contributed by atoms with van der Waals surface area (Å²) in [4.78, 5) is 10.7. The van der Waals surface area contributed by atoms with Crippen LogP contribution in [-0.2, 0) is 0 Å². The molecule has 0 radical (unpaired) electrons. The molecule has 58 heavy (non-hydrogen) atoms. The zero-order valence-electron chi connectivity index (χ0n) is 31.7. The molecule has 0 saturated carbocycles. The molecule has 0 aliphatic carbocycles. The second-order valence-electron chi connectivity index (χ2n) is 14.9. The molecule has 2 nitrogen and oxygen atoms in total. The number of aromatic nitrogens is 2. The number of rotatable bonds is 6. The standard InChI is InChI=1S/C56H36N2/c1-2-14-37(15-3-1)42-20-12-21-44(34-42)53-36-54(50-26-11-10-25-49(50)48-27-13-19-38-16-4-7-22-45(38)48)58-56(57-53)41-30-28-40(29-31-41)55-47-24-9-6-18-43(47)35-52-46-23-8-5-17-39(46)32-33-51(52)55/h1-36H. The van der Waals surface area contributed by atoms with Gasteiger partial charge in [-0.15, -0.1) is 0 Å². The molecule has 11 aromatic rings. The highest BCUT2D eigenvalue weighted by Crippen LogP contribution is 2.41. The summed E-state index contributed by atoms with van der Waals surface area (Å²) in [6.45, 7) is 0. The molecule has 1 aromatic heterocycles. The molecule has 1 heterocycles. The van der Waals surface area contributed by atoms with E-state index in [0.717, 1.165) is 44.8 Å². The Bertz CT molecular complexity index is 3320. The van der Waals surface area contributed by atoms with Crippen molar-refractivity contribution in [2.45, 2.75) is 0 Å². The van der Waals surface area contributed by atoms with Crippen molar-refractivity contribution in [1.29, 1.82) is 0 Å². The van der Waals surface area contributed by atoms with E-state index in [2.05, 4.69) is 218 Å². The predicted octanol–water partition coefficient (Wildman–Crippen LogP) is 15.1. The van der Waals surface area contributed by atoms with Crippen LogP contribution >= 0.6 is 0 Å². The predicted molar refractivity (Wildman–Crippen MR) is 245 cm³/mol. The minimum Gasteiger partial charge on any atom is -0.228 e. The van der Waals surface area contributed by atoms with E-state index in [-0.39, 0.29) is 0 Å². The summed E-state index contributed by atoms with van der Waals surface area (Å²) < 4.78 is 0. The summed E-state index contributed by atoms with van der Waals surface area (Å²) in [5.74, 6) is 0.686. The highest BCUT2D eigenvalue weighted by atomic mass is 14.9. The van der Waals surface area contributed by atoms with Gasteiger partial charge in [-0.3, -0.25) is 0 Å². The van der Waals surface area contributed by atoms with Gasteiger partial charge in [-0.2, -0.15) is 0 Å². The molecular weight excluding hydrogens is 701 g/mol. The van der Waals surface area contributed by atoms with E-state index in [4.69, 9.17) is 9.97 Å². The van der Waals surface area contributed by atoms with Crippen LogP contribution < -0.4 is 0 Å². The van der Waals surface area contributed by atoms with Gasteiger partial charge in [0.1, 0.15) is 0 Å². The van der Waals surface area contributed by atoms with Crippen molar-refractivity contribution in [3.05, 3.63) is 218 Å². The second-order valence-corrected chi connectivity index (χ2v) is 14.9. The Morgan fingerprint density at radius 2 is 0.810 bits per heavy atom. The Balaban J connectivity index is 1.09. The van der Waals surface area contributed by atoms with Crippen LogP contribution in [0.1, 0.15) is 0 Å². The van der Waals surface area contributed by atoms with Crippen molar-refractivity contribution in [3.8, 4) is 67.3 Å². The molecule has 0 fully saturated rings. The Hall–Kier alpha value is -7.68. The Morgan fingerprint density at radius 3 is 1.64 bits per heavy atom. The van der Waals surface area contributed by atoms with Gasteiger partial charge in [0.15, 0.2) is 5.82 Å². The molecule has 0 saturated heterocycles. The van der Waals surface area contributed by atoms with Gasteiger partial charge >= 0.3 is 0 Å². The van der Waals surface area contributed by atoms with E-state index < -0.39 is 0 Å². The van der Waals surface area contributed by atoms with Crippen LogP contribution in [0, 0.1) is 0 Å². The van der Waals surface area contributed by atoms with Crippen molar-refractivity contribution in [1.82, 2.24) is 9.97 Å². The number of benzene rings is 10. The van der Waals surface area contributed by atoms with Gasteiger partial charge < -0.3 is 0 Å². The Kier molecular flexibility index (Phi) is 8.19. The van der Waals surface area contributed by atoms with E-state index in [9.17, 15) is 0 Å². The molecule has 2 heteroatoms. The molecule has 0 bridgehead atoms. The zero-order chi connectivity index (χ0) is 38.4. The fraction of sp³-hybridized carbons (Fsp3) is 0. The molecule has 0 amide bonds. The summed E-state index contributed by atoms with van der Waals surface area (Å²) in [6, 6.07) is 78.2. The molecule has 0 unspecified atom stereocenters. The van der Waals surface area contributed by atoms with Crippen LogP contribution in [0.3, 0.4) is 0 Å². The van der Waals surface area contributed by atoms with Crippen LogP contribution in [0.25, 0.3) is 110 Å². The Labute approximate surface area is 337 Å². The minimum atomic E-state index is 0.686. The SMILES string of the molecule is c1ccc(-c2cccc(-c3cc(-c4ccccc4-c4cccc5ccccc45)nc(-c4ccc(-c5c6ccccc6cc6c5ccc5ccccc56)cc4)n3)c2)cc1. The molecule has 0 aliphatic rings. The quantitative estimate of drug-likeness (QED) is 0.125. The highest BCUT2D eigenvalue weighted by molar-refractivity contribution is 6.20. The van der Waals surface area contributed by atoms with Gasteiger partial charge in [0.25, 0.3) is 0 Å². The van der Waals surface area contributed by atoms with Gasteiger partial charge in [0.2, 0.25) is 0 Å². The molecular formula is C56H36N2. The second kappa shape index (κ2) is 14.1. The van der Waals surface area contributed by atoms with Crippen molar-refractivity contribution < 1.29 is 0 Å². The lowest BCUT2D eigenvalue weighted by molar-refractivity contribution is 1.18. The number of fused-ring (bicyclic) bond motifs is 5. The van der Waals surface area contributed by atoms with Crippen LogP contribution in [-0.4, -0.2) is 9.97 Å². The molecule has 10 aromatic carbocycles. The first-order valence-electron chi connectivity index (χ1n) is 19.8. The van der Waals surface area contributed by atoms with Crippen molar-refractivity contribution in [2.75, 3.05) is 0 Å². The van der Waals surface area contributed by atoms with Gasteiger partial charge in [0.05, 0.1) is 11.4 Å². The number of hydrogen-bond donors (Lipinski definition) is 0. The maximum Gasteiger partial charge on any atom is 0.160 e. The van der Waals surface area contributed by atoms with Crippen molar-refractivity contribution in [2.24, 2.45) is 0 Å². The summed E-state index contributed by atoms with van der Waals surface area (Å²) in [5, 5.41) is 9.91. The van der Waals surface area contributed by atoms with Crippen molar-refractivity contribution in [3.63, 3.8) is 0 Å².